The van der Waals surface area contributed by atoms with E-state index in [1.54, 1.807) is 0 Å². The number of hydrogen-bond acceptors (Lipinski definition) is 5. The van der Waals surface area contributed by atoms with Crippen LogP contribution in [-0.2, 0) is 6.42 Å². The van der Waals surface area contributed by atoms with Crippen molar-refractivity contribution in [3.8, 4) is 0 Å². The quantitative estimate of drug-likeness (QED) is 0.786. The molecule has 2 N–H and O–H groups in total. The van der Waals surface area contributed by atoms with Crippen LogP contribution in [0.1, 0.15) is 42.3 Å². The van der Waals surface area contributed by atoms with Crippen LogP contribution in [0.5, 0.6) is 0 Å². The van der Waals surface area contributed by atoms with E-state index < -0.39 is 0 Å². The number of H-pyrrole nitrogens is 1. The van der Waals surface area contributed by atoms with E-state index in [0.29, 0.717) is 5.92 Å². The molecule has 1 fully saturated rings. The Morgan fingerprint density at radius 2 is 2.39 bits per heavy atom. The SMILES string of the molecule is Cc1[nH]ncc1CCCNc1nc(C2CC2)ns1. The molecular weight excluding hydrogens is 246 g/mol. The standard InChI is InChI=1S/C12H17N5S/c1-8-10(7-14-16-8)3-2-6-13-12-15-11(17-18-12)9-4-5-9/h7,9H,2-6H2,1H3,(H,14,16)(H,13,15,17). The summed E-state index contributed by atoms with van der Waals surface area (Å²) in [5.74, 6) is 1.68. The van der Waals surface area contributed by atoms with E-state index in [-0.39, 0.29) is 0 Å². The number of aromatic nitrogens is 4. The molecule has 5 nitrogen and oxygen atoms in total. The van der Waals surface area contributed by atoms with E-state index >= 15 is 0 Å². The molecule has 0 amide bonds. The van der Waals surface area contributed by atoms with Crippen molar-refractivity contribution >= 4 is 16.7 Å². The molecule has 1 saturated carbocycles. The van der Waals surface area contributed by atoms with Crippen molar-refractivity contribution in [3.63, 3.8) is 0 Å². The first-order chi connectivity index (χ1) is 8.83. The first-order valence-electron chi connectivity index (χ1n) is 6.39. The predicted octanol–water partition coefficient (Wildman–Crippen LogP) is 2.49. The highest BCUT2D eigenvalue weighted by atomic mass is 32.1. The first-order valence-corrected chi connectivity index (χ1v) is 7.16. The lowest BCUT2D eigenvalue weighted by atomic mass is 10.1. The normalized spacial score (nSPS) is 14.9. The van der Waals surface area contributed by atoms with Crippen molar-refractivity contribution < 1.29 is 0 Å². The van der Waals surface area contributed by atoms with Crippen molar-refractivity contribution in [2.75, 3.05) is 11.9 Å². The highest BCUT2D eigenvalue weighted by Crippen LogP contribution is 2.39. The van der Waals surface area contributed by atoms with Gasteiger partial charge in [0.25, 0.3) is 0 Å². The number of aromatic amines is 1. The minimum atomic E-state index is 0.644. The Bertz CT molecular complexity index is 514. The van der Waals surface area contributed by atoms with E-state index in [0.717, 1.165) is 30.3 Å². The summed E-state index contributed by atoms with van der Waals surface area (Å²) in [6.07, 6.45) is 6.56. The third-order valence-electron chi connectivity index (χ3n) is 3.22. The fraction of sp³-hybridized carbons (Fsp3) is 0.583. The largest absolute Gasteiger partial charge is 0.360 e. The van der Waals surface area contributed by atoms with Gasteiger partial charge in [-0.3, -0.25) is 5.10 Å². The summed E-state index contributed by atoms with van der Waals surface area (Å²) in [6.45, 7) is 2.99. The van der Waals surface area contributed by atoms with Gasteiger partial charge in [-0.05, 0) is 38.2 Å². The molecule has 2 heterocycles. The minimum absolute atomic E-state index is 0.644. The second-order valence-corrected chi connectivity index (χ2v) is 5.53. The number of nitrogens with zero attached hydrogens (tertiary/aromatic N) is 3. The third kappa shape index (κ3) is 2.69. The number of rotatable bonds is 6. The van der Waals surface area contributed by atoms with Crippen molar-refractivity contribution in [2.45, 2.75) is 38.5 Å². The molecule has 0 aliphatic heterocycles. The van der Waals surface area contributed by atoms with Crippen LogP contribution in [0.2, 0.25) is 0 Å². The zero-order valence-electron chi connectivity index (χ0n) is 10.4. The molecule has 0 spiro atoms. The Labute approximate surface area is 110 Å². The van der Waals surface area contributed by atoms with Gasteiger partial charge in [0.1, 0.15) is 5.82 Å². The maximum Gasteiger partial charge on any atom is 0.202 e. The van der Waals surface area contributed by atoms with Crippen molar-refractivity contribution in [1.29, 1.82) is 0 Å². The van der Waals surface area contributed by atoms with Gasteiger partial charge in [0.15, 0.2) is 0 Å². The van der Waals surface area contributed by atoms with Crippen LogP contribution < -0.4 is 5.32 Å². The van der Waals surface area contributed by atoms with Crippen LogP contribution in [0, 0.1) is 6.92 Å². The minimum Gasteiger partial charge on any atom is -0.360 e. The van der Waals surface area contributed by atoms with E-state index in [9.17, 15) is 0 Å². The summed E-state index contributed by atoms with van der Waals surface area (Å²) >= 11 is 1.48. The highest BCUT2D eigenvalue weighted by Gasteiger charge is 2.27. The number of anilines is 1. The zero-order valence-corrected chi connectivity index (χ0v) is 11.3. The predicted molar refractivity (Wildman–Crippen MR) is 72.0 cm³/mol. The summed E-state index contributed by atoms with van der Waals surface area (Å²) < 4.78 is 4.37. The Balaban J connectivity index is 1.42. The van der Waals surface area contributed by atoms with Gasteiger partial charge in [-0.1, -0.05) is 0 Å². The molecule has 0 saturated heterocycles. The molecule has 0 atom stereocenters. The van der Waals surface area contributed by atoms with Crippen LogP contribution in [0.15, 0.2) is 6.20 Å². The van der Waals surface area contributed by atoms with Crippen molar-refractivity contribution in [1.82, 2.24) is 19.6 Å². The van der Waals surface area contributed by atoms with E-state index in [1.165, 1.54) is 35.6 Å². The van der Waals surface area contributed by atoms with Crippen LogP contribution in [0.3, 0.4) is 0 Å². The number of aryl methyl sites for hydroxylation is 2. The van der Waals surface area contributed by atoms with Gasteiger partial charge in [0.2, 0.25) is 5.13 Å². The van der Waals surface area contributed by atoms with Crippen LogP contribution >= 0.6 is 11.5 Å². The van der Waals surface area contributed by atoms with E-state index in [1.807, 2.05) is 6.20 Å². The second kappa shape index (κ2) is 5.06. The lowest BCUT2D eigenvalue weighted by molar-refractivity contribution is 0.854. The molecule has 2 aromatic rings. The van der Waals surface area contributed by atoms with Crippen molar-refractivity contribution in [2.24, 2.45) is 0 Å². The summed E-state index contributed by atoms with van der Waals surface area (Å²) in [5, 5.41) is 11.3. The lowest BCUT2D eigenvalue weighted by Crippen LogP contribution is -2.03. The molecule has 0 bridgehead atoms. The van der Waals surface area contributed by atoms with Gasteiger partial charge >= 0.3 is 0 Å². The smallest absolute Gasteiger partial charge is 0.202 e. The average Bonchev–Trinajstić information content (AvgIpc) is 2.98. The van der Waals surface area contributed by atoms with Crippen LogP contribution in [-0.4, -0.2) is 26.1 Å². The molecule has 0 aromatic carbocycles. The maximum absolute atomic E-state index is 4.50. The Morgan fingerprint density at radius 3 is 3.11 bits per heavy atom. The summed E-state index contributed by atoms with van der Waals surface area (Å²) in [6, 6.07) is 0. The Morgan fingerprint density at radius 1 is 1.50 bits per heavy atom. The average molecular weight is 263 g/mol. The van der Waals surface area contributed by atoms with Gasteiger partial charge in [0.05, 0.1) is 6.20 Å². The summed E-state index contributed by atoms with van der Waals surface area (Å²) in [5.41, 5.74) is 2.47. The zero-order chi connectivity index (χ0) is 12.4. The fourth-order valence-corrected chi connectivity index (χ4v) is 2.59. The van der Waals surface area contributed by atoms with E-state index in [2.05, 4.69) is 31.8 Å². The highest BCUT2D eigenvalue weighted by molar-refractivity contribution is 7.09. The second-order valence-electron chi connectivity index (χ2n) is 4.78. The molecule has 18 heavy (non-hydrogen) atoms. The molecule has 0 unspecified atom stereocenters. The Kier molecular flexibility index (Phi) is 3.27. The molecule has 1 aliphatic rings. The maximum atomic E-state index is 4.50. The van der Waals surface area contributed by atoms with Gasteiger partial charge in [0, 0.05) is 29.7 Å². The van der Waals surface area contributed by atoms with Crippen LogP contribution in [0.25, 0.3) is 0 Å². The molecule has 1 aliphatic carbocycles. The molecule has 6 heteroatoms. The lowest BCUT2D eigenvalue weighted by Gasteiger charge is -2.01. The van der Waals surface area contributed by atoms with Gasteiger partial charge in [-0.15, -0.1) is 0 Å². The topological polar surface area (TPSA) is 66.5 Å². The molecule has 3 rings (SSSR count). The summed E-state index contributed by atoms with van der Waals surface area (Å²) in [7, 11) is 0. The molecule has 96 valence electrons. The number of hydrogen-bond donors (Lipinski definition) is 2. The monoisotopic (exact) mass is 263 g/mol. The first kappa shape index (κ1) is 11.6. The molecule has 2 aromatic heterocycles. The molecule has 0 radical (unpaired) electrons. The third-order valence-corrected chi connectivity index (χ3v) is 3.90. The van der Waals surface area contributed by atoms with Crippen molar-refractivity contribution in [3.05, 3.63) is 23.3 Å². The molecular formula is C12H17N5S. The van der Waals surface area contributed by atoms with Gasteiger partial charge in [-0.2, -0.15) is 9.47 Å². The summed E-state index contributed by atoms with van der Waals surface area (Å²) in [4.78, 5) is 4.50. The van der Waals surface area contributed by atoms with Crippen LogP contribution in [0.4, 0.5) is 5.13 Å². The Hall–Kier alpha value is -1.43. The fourth-order valence-electron chi connectivity index (χ4n) is 1.92. The number of nitrogens with one attached hydrogen (secondary N) is 2. The van der Waals surface area contributed by atoms with Gasteiger partial charge < -0.3 is 5.32 Å². The van der Waals surface area contributed by atoms with Gasteiger partial charge in [-0.25, -0.2) is 4.98 Å². The van der Waals surface area contributed by atoms with E-state index in [4.69, 9.17) is 0 Å².